The summed E-state index contributed by atoms with van der Waals surface area (Å²) in [7, 11) is 0. The Morgan fingerprint density at radius 2 is 1.80 bits per heavy atom. The molecule has 0 aliphatic heterocycles. The maximum absolute atomic E-state index is 13.6. The first-order valence-electron chi connectivity index (χ1n) is 14.4. The molecule has 2 unspecified atom stereocenters. The zero-order valence-electron chi connectivity index (χ0n) is 23.7. The molecule has 3 atom stereocenters. The van der Waals surface area contributed by atoms with Crippen molar-refractivity contribution in [2.75, 3.05) is 13.2 Å². The molecule has 1 aliphatic rings. The molecule has 12 heteroatoms. The first kappa shape index (κ1) is 31.6. The molecule has 0 bridgehead atoms. The molecule has 1 fully saturated rings. The van der Waals surface area contributed by atoms with Crippen LogP contribution < -0.4 is 27.8 Å². The number of aliphatic imine (C=N–C) groups is 1. The summed E-state index contributed by atoms with van der Waals surface area (Å²) in [4.78, 5) is 55.2. The summed E-state index contributed by atoms with van der Waals surface area (Å²) in [5, 5.41) is 6.35. The second-order valence-electron chi connectivity index (χ2n) is 10.6. The van der Waals surface area contributed by atoms with Crippen molar-refractivity contribution in [2.24, 2.45) is 28.1 Å². The van der Waals surface area contributed by atoms with Crippen molar-refractivity contribution in [3.63, 3.8) is 0 Å². The molecule has 12 nitrogen and oxygen atoms in total. The van der Waals surface area contributed by atoms with Crippen LogP contribution in [0.5, 0.6) is 0 Å². The van der Waals surface area contributed by atoms with Gasteiger partial charge >= 0.3 is 5.97 Å². The summed E-state index contributed by atoms with van der Waals surface area (Å²) in [6.07, 6.45) is 9.13. The van der Waals surface area contributed by atoms with Crippen LogP contribution in [0.25, 0.3) is 10.9 Å². The number of carbonyl (C=O) groups excluding carboxylic acids is 4. The number of nitrogens with one attached hydrogen (secondary N) is 2. The summed E-state index contributed by atoms with van der Waals surface area (Å²) in [5.74, 6) is -1.28. The van der Waals surface area contributed by atoms with Crippen molar-refractivity contribution in [2.45, 2.75) is 82.8 Å². The molecule has 0 saturated heterocycles. The monoisotopic (exact) mass is 569 g/mol. The number of ether oxygens (including phenoxy) is 1. The van der Waals surface area contributed by atoms with E-state index in [-0.39, 0.29) is 32.0 Å². The second-order valence-corrected chi connectivity index (χ2v) is 10.6. The van der Waals surface area contributed by atoms with Crippen molar-refractivity contribution in [1.29, 1.82) is 0 Å². The Labute approximate surface area is 240 Å². The molecular formula is C29H43N7O5. The smallest absolute Gasteiger partial charge is 0.328 e. The van der Waals surface area contributed by atoms with E-state index in [1.807, 2.05) is 18.2 Å². The van der Waals surface area contributed by atoms with Gasteiger partial charge in [0.1, 0.15) is 12.1 Å². The molecule has 0 spiro atoms. The molecule has 1 heterocycles. The molecule has 2 amide bonds. The topological polar surface area (TPSA) is 197 Å². The lowest BCUT2D eigenvalue weighted by Crippen LogP contribution is -2.55. The molecule has 1 aromatic heterocycles. The molecule has 224 valence electrons. The maximum Gasteiger partial charge on any atom is 0.328 e. The van der Waals surface area contributed by atoms with Gasteiger partial charge in [-0.05, 0) is 43.7 Å². The number of amides is 2. The van der Waals surface area contributed by atoms with Gasteiger partial charge in [-0.3, -0.25) is 23.9 Å². The normalized spacial score (nSPS) is 15.9. The number of hydrogen-bond donors (Lipinski definition) is 5. The van der Waals surface area contributed by atoms with Gasteiger partial charge in [0.05, 0.1) is 18.2 Å². The summed E-state index contributed by atoms with van der Waals surface area (Å²) < 4.78 is 6.60. The van der Waals surface area contributed by atoms with Gasteiger partial charge in [-0.25, -0.2) is 4.79 Å². The van der Waals surface area contributed by atoms with Crippen LogP contribution in [0, 0.1) is 5.92 Å². The fraction of sp³-hybridized carbons (Fsp3) is 0.552. The van der Waals surface area contributed by atoms with E-state index in [2.05, 4.69) is 15.6 Å². The fourth-order valence-electron chi connectivity index (χ4n) is 5.39. The predicted octanol–water partition coefficient (Wildman–Crippen LogP) is 1.11. The van der Waals surface area contributed by atoms with Crippen molar-refractivity contribution in [1.82, 2.24) is 15.2 Å². The highest BCUT2D eigenvalue weighted by Gasteiger charge is 2.30. The number of rotatable bonds is 15. The third kappa shape index (κ3) is 9.31. The third-order valence-electron chi connectivity index (χ3n) is 7.48. The SMILES string of the molecule is CCOC(=O)C(CCCN=C(N)N)NC(=O)C(Cc1cn(C=O)c2ccccc12)NC(=O)[C@H](N)CC1CCCCC1. The Morgan fingerprint density at radius 3 is 2.49 bits per heavy atom. The number of hydrogen-bond acceptors (Lipinski definition) is 7. The van der Waals surface area contributed by atoms with Gasteiger partial charge in [0, 0.05) is 24.5 Å². The van der Waals surface area contributed by atoms with Crippen molar-refractivity contribution >= 4 is 41.1 Å². The Bertz CT molecular complexity index is 1220. The lowest BCUT2D eigenvalue weighted by Gasteiger charge is -2.26. The first-order valence-corrected chi connectivity index (χ1v) is 14.4. The second kappa shape index (κ2) is 15.8. The van der Waals surface area contributed by atoms with Crippen molar-refractivity contribution in [3.8, 4) is 0 Å². The predicted molar refractivity (Wildman–Crippen MR) is 157 cm³/mol. The highest BCUT2D eigenvalue weighted by molar-refractivity contribution is 5.94. The molecule has 1 saturated carbocycles. The molecule has 0 radical (unpaired) electrons. The van der Waals surface area contributed by atoms with Crippen molar-refractivity contribution in [3.05, 3.63) is 36.0 Å². The minimum Gasteiger partial charge on any atom is -0.464 e. The largest absolute Gasteiger partial charge is 0.464 e. The third-order valence-corrected chi connectivity index (χ3v) is 7.48. The van der Waals surface area contributed by atoms with Crippen LogP contribution in [0.3, 0.4) is 0 Å². The fourth-order valence-corrected chi connectivity index (χ4v) is 5.39. The number of guanidine groups is 1. The molecule has 2 aromatic rings. The number of esters is 1. The highest BCUT2D eigenvalue weighted by Crippen LogP contribution is 2.27. The summed E-state index contributed by atoms with van der Waals surface area (Å²) in [5.41, 5.74) is 18.4. The lowest BCUT2D eigenvalue weighted by molar-refractivity contribution is -0.147. The highest BCUT2D eigenvalue weighted by atomic mass is 16.5. The number of benzene rings is 1. The van der Waals surface area contributed by atoms with Gasteiger partial charge in [0.25, 0.3) is 0 Å². The van der Waals surface area contributed by atoms with E-state index in [0.29, 0.717) is 36.2 Å². The zero-order chi connectivity index (χ0) is 29.8. The summed E-state index contributed by atoms with van der Waals surface area (Å²) in [6.45, 7) is 2.09. The number of fused-ring (bicyclic) bond motifs is 1. The van der Waals surface area contributed by atoms with Crippen LogP contribution in [0.15, 0.2) is 35.5 Å². The Hall–Kier alpha value is -3.93. The van der Waals surface area contributed by atoms with Gasteiger partial charge in [0.2, 0.25) is 18.2 Å². The average molecular weight is 570 g/mol. The maximum atomic E-state index is 13.6. The van der Waals surface area contributed by atoms with E-state index in [1.54, 1.807) is 19.2 Å². The molecule has 1 aromatic carbocycles. The molecule has 1 aliphatic carbocycles. The van der Waals surface area contributed by atoms with Crippen LogP contribution in [-0.2, 0) is 30.3 Å². The quantitative estimate of drug-likeness (QED) is 0.0691. The van der Waals surface area contributed by atoms with Crippen LogP contribution >= 0.6 is 0 Å². The Morgan fingerprint density at radius 1 is 1.10 bits per heavy atom. The molecule has 8 N–H and O–H groups in total. The standard InChI is InChI=1S/C29H43N7O5/c1-2-41-28(40)23(12-8-14-33-29(31)32)34-27(39)24(35-26(38)22(30)15-19-9-4-3-5-10-19)16-20-17-36(18-37)25-13-7-6-11-21(20)25/h6-7,11,13,17-19,22-24H,2-5,8-10,12,14-16,30H2,1H3,(H,34,39)(H,35,38)(H4,31,32,33)/t22-,23?,24?/m1/s1. The summed E-state index contributed by atoms with van der Waals surface area (Å²) in [6, 6.07) is 4.50. The number of carbonyl (C=O) groups is 4. The molecular weight excluding hydrogens is 526 g/mol. The van der Waals surface area contributed by atoms with Crippen LogP contribution in [-0.4, -0.2) is 66.0 Å². The number of aromatic nitrogens is 1. The van der Waals surface area contributed by atoms with Crippen molar-refractivity contribution < 1.29 is 23.9 Å². The van der Waals surface area contributed by atoms with Gasteiger partial charge in [-0.15, -0.1) is 0 Å². The first-order chi connectivity index (χ1) is 19.7. The Kier molecular flexibility index (Phi) is 12.1. The van der Waals surface area contributed by atoms with Crippen LogP contribution in [0.4, 0.5) is 0 Å². The average Bonchev–Trinajstić information content (AvgIpc) is 3.32. The van der Waals surface area contributed by atoms with Gasteiger partial charge in [-0.1, -0.05) is 50.3 Å². The minimum absolute atomic E-state index is 0.0662. The number of nitrogens with zero attached hydrogens (tertiary/aromatic N) is 2. The lowest BCUT2D eigenvalue weighted by atomic mass is 9.85. The number of nitrogens with two attached hydrogens (primary N) is 3. The number of para-hydroxylation sites is 1. The van der Waals surface area contributed by atoms with E-state index in [9.17, 15) is 19.2 Å². The molecule has 3 rings (SSSR count). The van der Waals surface area contributed by atoms with E-state index >= 15 is 0 Å². The van der Waals surface area contributed by atoms with Crippen LogP contribution in [0.1, 0.15) is 63.9 Å². The van der Waals surface area contributed by atoms with Gasteiger partial charge in [0.15, 0.2) is 5.96 Å². The zero-order valence-corrected chi connectivity index (χ0v) is 23.7. The minimum atomic E-state index is -1.06. The van der Waals surface area contributed by atoms with E-state index in [4.69, 9.17) is 21.9 Å². The molecule has 41 heavy (non-hydrogen) atoms. The van der Waals surface area contributed by atoms with Gasteiger partial charge in [-0.2, -0.15) is 0 Å². The summed E-state index contributed by atoms with van der Waals surface area (Å²) >= 11 is 0. The Balaban J connectivity index is 1.82. The van der Waals surface area contributed by atoms with E-state index < -0.39 is 35.9 Å². The van der Waals surface area contributed by atoms with E-state index in [1.165, 1.54) is 11.0 Å². The van der Waals surface area contributed by atoms with E-state index in [0.717, 1.165) is 31.1 Å². The van der Waals surface area contributed by atoms with Crippen LogP contribution in [0.2, 0.25) is 0 Å². The van der Waals surface area contributed by atoms with Gasteiger partial charge < -0.3 is 32.6 Å².